The molecule has 0 spiro atoms. The average molecular weight is 344 g/mol. The van der Waals surface area contributed by atoms with E-state index in [0.717, 1.165) is 0 Å². The number of nitrogens with zero attached hydrogens (tertiary/aromatic N) is 3. The van der Waals surface area contributed by atoms with Crippen molar-refractivity contribution in [1.29, 1.82) is 0 Å². The SMILES string of the molecule is CCN(CC(=O)N(C(C)C)C(C)C)Cc1nc2ccccc2c(=O)[nH]1. The molecule has 6 nitrogen and oxygen atoms in total. The van der Waals surface area contributed by atoms with E-state index in [-0.39, 0.29) is 23.6 Å². The zero-order chi connectivity index (χ0) is 18.6. The molecule has 0 aliphatic heterocycles. The third-order valence-corrected chi connectivity index (χ3v) is 4.24. The van der Waals surface area contributed by atoms with Crippen LogP contribution in [0.25, 0.3) is 10.9 Å². The predicted molar refractivity (Wildman–Crippen MR) is 100 cm³/mol. The Hall–Kier alpha value is -2.21. The minimum atomic E-state index is -0.144. The summed E-state index contributed by atoms with van der Waals surface area (Å²) in [4.78, 5) is 36.1. The number of carbonyl (C=O) groups excluding carboxylic acids is 1. The van der Waals surface area contributed by atoms with Gasteiger partial charge in [-0.15, -0.1) is 0 Å². The lowest BCUT2D eigenvalue weighted by Crippen LogP contribution is -2.47. The second-order valence-electron chi connectivity index (χ2n) is 6.82. The van der Waals surface area contributed by atoms with Gasteiger partial charge in [-0.05, 0) is 46.4 Å². The molecule has 1 N–H and O–H groups in total. The molecule has 0 unspecified atom stereocenters. The van der Waals surface area contributed by atoms with Crippen LogP contribution in [0.1, 0.15) is 40.4 Å². The van der Waals surface area contributed by atoms with Crippen molar-refractivity contribution in [3.8, 4) is 0 Å². The van der Waals surface area contributed by atoms with E-state index in [2.05, 4.69) is 9.97 Å². The van der Waals surface area contributed by atoms with Gasteiger partial charge in [-0.3, -0.25) is 14.5 Å². The highest BCUT2D eigenvalue weighted by Crippen LogP contribution is 2.09. The quantitative estimate of drug-likeness (QED) is 0.837. The highest BCUT2D eigenvalue weighted by molar-refractivity contribution is 5.79. The molecule has 0 fully saturated rings. The molecule has 1 aromatic carbocycles. The van der Waals surface area contributed by atoms with E-state index in [9.17, 15) is 9.59 Å². The van der Waals surface area contributed by atoms with E-state index in [1.807, 2.05) is 62.6 Å². The van der Waals surface area contributed by atoms with Crippen LogP contribution in [-0.4, -0.2) is 50.8 Å². The number of hydrogen-bond donors (Lipinski definition) is 1. The van der Waals surface area contributed by atoms with Gasteiger partial charge in [0.2, 0.25) is 5.91 Å². The third kappa shape index (κ3) is 4.66. The van der Waals surface area contributed by atoms with E-state index in [1.54, 1.807) is 6.07 Å². The lowest BCUT2D eigenvalue weighted by molar-refractivity contribution is -0.136. The summed E-state index contributed by atoms with van der Waals surface area (Å²) < 4.78 is 0. The number of fused-ring (bicyclic) bond motifs is 1. The Morgan fingerprint density at radius 2 is 1.80 bits per heavy atom. The Morgan fingerprint density at radius 1 is 1.16 bits per heavy atom. The lowest BCUT2D eigenvalue weighted by Gasteiger charge is -2.32. The summed E-state index contributed by atoms with van der Waals surface area (Å²) in [6, 6.07) is 7.59. The van der Waals surface area contributed by atoms with Gasteiger partial charge in [-0.1, -0.05) is 19.1 Å². The van der Waals surface area contributed by atoms with E-state index in [1.165, 1.54) is 0 Å². The monoisotopic (exact) mass is 344 g/mol. The predicted octanol–water partition coefficient (Wildman–Crippen LogP) is 2.39. The van der Waals surface area contributed by atoms with Gasteiger partial charge in [0.1, 0.15) is 5.82 Å². The number of likely N-dealkylation sites (N-methyl/N-ethyl adjacent to an activating group) is 1. The largest absolute Gasteiger partial charge is 0.337 e. The summed E-state index contributed by atoms with van der Waals surface area (Å²) in [5, 5.41) is 0.580. The molecule has 6 heteroatoms. The van der Waals surface area contributed by atoms with Crippen molar-refractivity contribution in [2.45, 2.75) is 53.2 Å². The summed E-state index contributed by atoms with van der Waals surface area (Å²) in [6.07, 6.45) is 0. The van der Waals surface area contributed by atoms with Gasteiger partial charge in [-0.25, -0.2) is 4.98 Å². The lowest BCUT2D eigenvalue weighted by atomic mass is 10.2. The molecule has 2 aromatic rings. The van der Waals surface area contributed by atoms with Crippen LogP contribution >= 0.6 is 0 Å². The van der Waals surface area contributed by atoms with Crippen LogP contribution < -0.4 is 5.56 Å². The van der Waals surface area contributed by atoms with Crippen LogP contribution in [0.3, 0.4) is 0 Å². The smallest absolute Gasteiger partial charge is 0.258 e. The van der Waals surface area contributed by atoms with Gasteiger partial charge < -0.3 is 9.88 Å². The van der Waals surface area contributed by atoms with Crippen molar-refractivity contribution in [3.63, 3.8) is 0 Å². The van der Waals surface area contributed by atoms with Crippen molar-refractivity contribution in [2.24, 2.45) is 0 Å². The number of hydrogen-bond acceptors (Lipinski definition) is 4. The number of nitrogens with one attached hydrogen (secondary N) is 1. The molecule has 1 amide bonds. The summed E-state index contributed by atoms with van der Waals surface area (Å²) >= 11 is 0. The van der Waals surface area contributed by atoms with Crippen LogP contribution in [0.15, 0.2) is 29.1 Å². The highest BCUT2D eigenvalue weighted by atomic mass is 16.2. The molecule has 0 bridgehead atoms. The van der Waals surface area contributed by atoms with Gasteiger partial charge >= 0.3 is 0 Å². The Balaban J connectivity index is 2.17. The van der Waals surface area contributed by atoms with Crippen molar-refractivity contribution >= 4 is 16.8 Å². The molecule has 1 heterocycles. The number of carbonyl (C=O) groups is 1. The standard InChI is InChI=1S/C19H28N4O2/c1-6-22(12-18(24)23(13(2)3)14(4)5)11-17-20-16-10-8-7-9-15(16)19(25)21-17/h7-10,13-14H,6,11-12H2,1-5H3,(H,20,21,25). The first kappa shape index (κ1) is 19.1. The van der Waals surface area contributed by atoms with Crippen LogP contribution in [0.4, 0.5) is 0 Å². The van der Waals surface area contributed by atoms with E-state index < -0.39 is 0 Å². The average Bonchev–Trinajstić information content (AvgIpc) is 2.53. The summed E-state index contributed by atoms with van der Waals surface area (Å²) in [7, 11) is 0. The fourth-order valence-corrected chi connectivity index (χ4v) is 3.15. The van der Waals surface area contributed by atoms with Gasteiger partial charge in [0, 0.05) is 12.1 Å². The maximum Gasteiger partial charge on any atom is 0.258 e. The van der Waals surface area contributed by atoms with Crippen LogP contribution in [0, 0.1) is 0 Å². The molecule has 0 aliphatic carbocycles. The van der Waals surface area contributed by atoms with Gasteiger partial charge in [0.25, 0.3) is 5.56 Å². The zero-order valence-corrected chi connectivity index (χ0v) is 15.7. The summed E-state index contributed by atoms with van der Waals surface area (Å²) in [5.74, 6) is 0.675. The van der Waals surface area contributed by atoms with E-state index in [4.69, 9.17) is 0 Å². The van der Waals surface area contributed by atoms with Crippen LogP contribution in [-0.2, 0) is 11.3 Å². The minimum Gasteiger partial charge on any atom is -0.337 e. The van der Waals surface area contributed by atoms with Crippen LogP contribution in [0.5, 0.6) is 0 Å². The zero-order valence-electron chi connectivity index (χ0n) is 15.7. The molecule has 0 saturated carbocycles. The van der Waals surface area contributed by atoms with Gasteiger partial charge in [-0.2, -0.15) is 0 Å². The second-order valence-corrected chi connectivity index (χ2v) is 6.82. The number of para-hydroxylation sites is 1. The Morgan fingerprint density at radius 3 is 2.40 bits per heavy atom. The maximum atomic E-state index is 12.7. The maximum absolute atomic E-state index is 12.7. The number of H-pyrrole nitrogens is 1. The molecule has 136 valence electrons. The van der Waals surface area contributed by atoms with Crippen molar-refractivity contribution < 1.29 is 4.79 Å². The van der Waals surface area contributed by atoms with Crippen LogP contribution in [0.2, 0.25) is 0 Å². The van der Waals surface area contributed by atoms with E-state index >= 15 is 0 Å². The molecular formula is C19H28N4O2. The topological polar surface area (TPSA) is 69.3 Å². The summed E-state index contributed by atoms with van der Waals surface area (Å²) in [5.41, 5.74) is 0.531. The number of aromatic nitrogens is 2. The molecule has 0 radical (unpaired) electrons. The molecular weight excluding hydrogens is 316 g/mol. The minimum absolute atomic E-state index is 0.0926. The fourth-order valence-electron chi connectivity index (χ4n) is 3.15. The normalized spacial score (nSPS) is 11.7. The number of amides is 1. The molecule has 0 aliphatic rings. The first-order chi connectivity index (χ1) is 11.8. The van der Waals surface area contributed by atoms with Gasteiger partial charge in [0.05, 0.1) is 24.0 Å². The van der Waals surface area contributed by atoms with Crippen molar-refractivity contribution in [2.75, 3.05) is 13.1 Å². The number of benzene rings is 1. The molecule has 0 saturated heterocycles. The molecule has 25 heavy (non-hydrogen) atoms. The van der Waals surface area contributed by atoms with Gasteiger partial charge in [0.15, 0.2) is 0 Å². The molecule has 1 aromatic heterocycles. The Labute approximate surface area is 148 Å². The number of aromatic amines is 1. The highest BCUT2D eigenvalue weighted by Gasteiger charge is 2.22. The van der Waals surface area contributed by atoms with Crippen molar-refractivity contribution in [3.05, 3.63) is 40.4 Å². The summed E-state index contributed by atoms with van der Waals surface area (Å²) in [6.45, 7) is 11.5. The first-order valence-corrected chi connectivity index (χ1v) is 8.85. The third-order valence-electron chi connectivity index (χ3n) is 4.24. The fraction of sp³-hybridized carbons (Fsp3) is 0.526. The second kappa shape index (κ2) is 8.25. The Kier molecular flexibility index (Phi) is 6.31. The first-order valence-electron chi connectivity index (χ1n) is 8.85. The number of rotatable bonds is 7. The van der Waals surface area contributed by atoms with Crippen molar-refractivity contribution in [1.82, 2.24) is 19.8 Å². The van der Waals surface area contributed by atoms with E-state index in [0.29, 0.717) is 36.4 Å². The molecule has 2 rings (SSSR count). The molecule has 0 atom stereocenters. The Bertz CT molecular complexity index is 774.